The second kappa shape index (κ2) is 7.63. The first-order valence-corrected chi connectivity index (χ1v) is 7.02. The smallest absolute Gasteiger partial charge is 0.0702 e. The fourth-order valence-corrected chi connectivity index (χ4v) is 2.37. The lowest BCUT2D eigenvalue weighted by Crippen LogP contribution is -2.25. The third-order valence-corrected chi connectivity index (χ3v) is 3.38. The second-order valence-electron chi connectivity index (χ2n) is 4.62. The quantitative estimate of drug-likeness (QED) is 0.890. The Bertz CT molecular complexity index is 625. The predicted octanol–water partition coefficient (Wildman–Crippen LogP) is 3.15. The van der Waals surface area contributed by atoms with Gasteiger partial charge in [0.05, 0.1) is 19.1 Å². The minimum absolute atomic E-state index is 0.0913. The molecule has 0 atom stereocenters. The summed E-state index contributed by atoms with van der Waals surface area (Å²) >= 11 is 5.97. The molecule has 108 valence electrons. The van der Waals surface area contributed by atoms with Gasteiger partial charge in [0.15, 0.2) is 0 Å². The number of nitriles is 1. The van der Waals surface area contributed by atoms with Crippen LogP contribution in [0.25, 0.3) is 0 Å². The largest absolute Gasteiger partial charge is 0.392 e. The number of nitrogens with zero attached hydrogens (tertiary/aromatic N) is 3. The number of hydrogen-bond acceptors (Lipinski definition) is 4. The van der Waals surface area contributed by atoms with Gasteiger partial charge in [-0.1, -0.05) is 17.7 Å². The molecule has 1 heterocycles. The summed E-state index contributed by atoms with van der Waals surface area (Å²) in [6, 6.07) is 11.4. The number of benzene rings is 1. The fourth-order valence-electron chi connectivity index (χ4n) is 2.17. The number of rotatable bonds is 6. The molecule has 0 aliphatic rings. The summed E-state index contributed by atoms with van der Waals surface area (Å²) in [6.07, 6.45) is 3.94. The molecule has 0 aliphatic heterocycles. The van der Waals surface area contributed by atoms with E-state index in [1.165, 1.54) is 0 Å². The van der Waals surface area contributed by atoms with Gasteiger partial charge in [0.25, 0.3) is 0 Å². The number of anilines is 1. The molecule has 0 bridgehead atoms. The van der Waals surface area contributed by atoms with Crippen LogP contribution in [-0.2, 0) is 13.2 Å². The fraction of sp³-hybridized carbons (Fsp3) is 0.250. The van der Waals surface area contributed by atoms with Crippen molar-refractivity contribution in [3.63, 3.8) is 0 Å². The van der Waals surface area contributed by atoms with Crippen LogP contribution in [0, 0.1) is 11.3 Å². The number of aromatic nitrogens is 1. The minimum atomic E-state index is -0.0913. The van der Waals surface area contributed by atoms with E-state index in [-0.39, 0.29) is 6.61 Å². The first-order chi connectivity index (χ1) is 10.2. The van der Waals surface area contributed by atoms with E-state index in [1.54, 1.807) is 24.5 Å². The minimum Gasteiger partial charge on any atom is -0.392 e. The lowest BCUT2D eigenvalue weighted by molar-refractivity contribution is 0.282. The van der Waals surface area contributed by atoms with Crippen molar-refractivity contribution < 1.29 is 5.11 Å². The normalized spacial score (nSPS) is 10.1. The molecular formula is C16H16ClN3O. The molecule has 0 aliphatic carbocycles. The van der Waals surface area contributed by atoms with E-state index >= 15 is 0 Å². The highest BCUT2D eigenvalue weighted by atomic mass is 35.5. The van der Waals surface area contributed by atoms with Crippen LogP contribution in [0.2, 0.25) is 5.02 Å². The van der Waals surface area contributed by atoms with Crippen molar-refractivity contribution in [3.8, 4) is 6.07 Å². The number of halogens is 1. The van der Waals surface area contributed by atoms with Crippen molar-refractivity contribution in [2.24, 2.45) is 0 Å². The van der Waals surface area contributed by atoms with Crippen molar-refractivity contribution in [3.05, 3.63) is 58.9 Å². The van der Waals surface area contributed by atoms with E-state index in [0.717, 1.165) is 16.8 Å². The maximum absolute atomic E-state index is 9.52. The lowest BCUT2D eigenvalue weighted by Gasteiger charge is -2.26. The Kier molecular flexibility index (Phi) is 5.56. The van der Waals surface area contributed by atoms with Crippen molar-refractivity contribution >= 4 is 17.3 Å². The number of aliphatic hydroxyl groups is 1. The van der Waals surface area contributed by atoms with E-state index in [4.69, 9.17) is 16.9 Å². The summed E-state index contributed by atoms with van der Waals surface area (Å²) in [4.78, 5) is 6.16. The monoisotopic (exact) mass is 301 g/mol. The molecule has 2 aromatic rings. The van der Waals surface area contributed by atoms with Crippen LogP contribution in [0.15, 0.2) is 42.7 Å². The Balaban J connectivity index is 2.29. The van der Waals surface area contributed by atoms with Gasteiger partial charge in [0.1, 0.15) is 0 Å². The molecule has 0 spiro atoms. The Morgan fingerprint density at radius 1 is 1.33 bits per heavy atom. The zero-order valence-corrected chi connectivity index (χ0v) is 12.3. The highest BCUT2D eigenvalue weighted by Crippen LogP contribution is 2.26. The summed E-state index contributed by atoms with van der Waals surface area (Å²) in [5, 5.41) is 18.9. The Morgan fingerprint density at radius 2 is 2.19 bits per heavy atom. The average Bonchev–Trinajstić information content (AvgIpc) is 2.52. The molecule has 2 rings (SSSR count). The van der Waals surface area contributed by atoms with Crippen LogP contribution >= 0.6 is 11.6 Å². The molecule has 0 fully saturated rings. The first-order valence-electron chi connectivity index (χ1n) is 6.64. The average molecular weight is 302 g/mol. The van der Waals surface area contributed by atoms with Gasteiger partial charge in [-0.2, -0.15) is 5.26 Å². The second-order valence-corrected chi connectivity index (χ2v) is 5.06. The zero-order valence-electron chi connectivity index (χ0n) is 11.5. The van der Waals surface area contributed by atoms with E-state index in [9.17, 15) is 5.11 Å². The highest BCUT2D eigenvalue weighted by molar-refractivity contribution is 6.30. The summed E-state index contributed by atoms with van der Waals surface area (Å²) in [5.74, 6) is 0. The first kappa shape index (κ1) is 15.3. The molecule has 1 N–H and O–H groups in total. The van der Waals surface area contributed by atoms with Gasteiger partial charge in [0.2, 0.25) is 0 Å². The van der Waals surface area contributed by atoms with Gasteiger partial charge in [-0.25, -0.2) is 0 Å². The molecule has 5 heteroatoms. The van der Waals surface area contributed by atoms with Gasteiger partial charge in [-0.3, -0.25) is 4.98 Å². The molecule has 1 aromatic carbocycles. The van der Waals surface area contributed by atoms with Crippen LogP contribution in [0.1, 0.15) is 17.5 Å². The zero-order chi connectivity index (χ0) is 15.1. The van der Waals surface area contributed by atoms with Gasteiger partial charge in [-0.05, 0) is 29.8 Å². The van der Waals surface area contributed by atoms with Crippen molar-refractivity contribution in [2.75, 3.05) is 11.4 Å². The van der Waals surface area contributed by atoms with Crippen molar-refractivity contribution in [2.45, 2.75) is 19.6 Å². The predicted molar refractivity (Wildman–Crippen MR) is 82.9 cm³/mol. The maximum atomic E-state index is 9.52. The lowest BCUT2D eigenvalue weighted by atomic mass is 10.1. The van der Waals surface area contributed by atoms with Crippen molar-refractivity contribution in [1.29, 1.82) is 5.26 Å². The molecule has 0 unspecified atom stereocenters. The van der Waals surface area contributed by atoms with Crippen LogP contribution in [0.5, 0.6) is 0 Å². The highest BCUT2D eigenvalue weighted by Gasteiger charge is 2.12. The van der Waals surface area contributed by atoms with E-state index in [0.29, 0.717) is 24.5 Å². The number of hydrogen-bond donors (Lipinski definition) is 1. The Morgan fingerprint density at radius 3 is 2.86 bits per heavy atom. The third kappa shape index (κ3) is 4.19. The van der Waals surface area contributed by atoms with Crippen LogP contribution in [0.3, 0.4) is 0 Å². The van der Waals surface area contributed by atoms with E-state index < -0.39 is 0 Å². The molecular weight excluding hydrogens is 286 g/mol. The molecule has 21 heavy (non-hydrogen) atoms. The van der Waals surface area contributed by atoms with E-state index in [1.807, 2.05) is 18.2 Å². The van der Waals surface area contributed by atoms with Gasteiger partial charge in [-0.15, -0.1) is 0 Å². The number of pyridine rings is 1. The molecule has 0 amide bonds. The number of aliphatic hydroxyl groups excluding tert-OH is 1. The van der Waals surface area contributed by atoms with Gasteiger partial charge in [0, 0.05) is 41.8 Å². The third-order valence-electron chi connectivity index (χ3n) is 3.14. The molecule has 0 saturated heterocycles. The summed E-state index contributed by atoms with van der Waals surface area (Å²) in [5.41, 5.74) is 2.69. The summed E-state index contributed by atoms with van der Waals surface area (Å²) in [7, 11) is 0. The van der Waals surface area contributed by atoms with Crippen LogP contribution < -0.4 is 4.90 Å². The molecule has 4 nitrogen and oxygen atoms in total. The van der Waals surface area contributed by atoms with Gasteiger partial charge >= 0.3 is 0 Å². The van der Waals surface area contributed by atoms with Crippen LogP contribution in [-0.4, -0.2) is 16.6 Å². The maximum Gasteiger partial charge on any atom is 0.0702 e. The van der Waals surface area contributed by atoms with Gasteiger partial charge < -0.3 is 10.0 Å². The Hall–Kier alpha value is -2.09. The summed E-state index contributed by atoms with van der Waals surface area (Å²) < 4.78 is 0. The molecule has 0 saturated carbocycles. The standard InChI is InChI=1S/C16H16ClN3O/c17-15-4-5-16(14(9-15)12-21)20(8-2-6-18)11-13-3-1-7-19-10-13/h1,3-5,7,9-10,21H,2,8,11-12H2. The van der Waals surface area contributed by atoms with Crippen LogP contribution in [0.4, 0.5) is 5.69 Å². The topological polar surface area (TPSA) is 60.2 Å². The van der Waals surface area contributed by atoms with Crippen molar-refractivity contribution in [1.82, 2.24) is 4.98 Å². The molecule has 1 aromatic heterocycles. The Labute approximate surface area is 129 Å². The summed E-state index contributed by atoms with van der Waals surface area (Å²) in [6.45, 7) is 1.12. The van der Waals surface area contributed by atoms with E-state index in [2.05, 4.69) is 16.0 Å². The SMILES string of the molecule is N#CCCN(Cc1cccnc1)c1ccc(Cl)cc1CO. The molecule has 0 radical (unpaired) electrons.